The minimum Gasteiger partial charge on any atom is -0.380 e. The van der Waals surface area contributed by atoms with Crippen molar-refractivity contribution in [1.29, 1.82) is 0 Å². The van der Waals surface area contributed by atoms with Gasteiger partial charge in [0.25, 0.3) is 0 Å². The second-order valence-corrected chi connectivity index (χ2v) is 9.22. The molecule has 1 aromatic carbocycles. The maximum atomic E-state index is 12.1. The predicted molar refractivity (Wildman–Crippen MR) is 140 cm³/mol. The molecule has 5 amide bonds. The van der Waals surface area contributed by atoms with E-state index in [9.17, 15) is 28.8 Å². The van der Waals surface area contributed by atoms with Crippen LogP contribution in [0, 0.1) is 0 Å². The van der Waals surface area contributed by atoms with Crippen molar-refractivity contribution >= 4 is 41.0 Å². The molecule has 3 N–H and O–H groups in total. The number of rotatable bonds is 18. The van der Waals surface area contributed by atoms with Gasteiger partial charge in [0.2, 0.25) is 29.5 Å². The molecule has 208 valence electrons. The van der Waals surface area contributed by atoms with Crippen molar-refractivity contribution < 1.29 is 33.5 Å². The summed E-state index contributed by atoms with van der Waals surface area (Å²) < 4.78 is 5.41. The normalized spacial score (nSPS) is 12.4. The number of benzene rings is 1. The number of unbranched alkanes of at least 4 members (excludes halogenated alkanes) is 2. The minimum absolute atomic E-state index is 0.0363. The zero-order valence-corrected chi connectivity index (χ0v) is 22.0. The fourth-order valence-corrected chi connectivity index (χ4v) is 3.66. The maximum absolute atomic E-state index is 12.1. The van der Waals surface area contributed by atoms with Crippen LogP contribution in [0.4, 0.5) is 5.69 Å². The Morgan fingerprint density at radius 1 is 0.842 bits per heavy atom. The first kappa shape index (κ1) is 30.6. The Labute approximate surface area is 223 Å². The van der Waals surface area contributed by atoms with Crippen LogP contribution in [0.5, 0.6) is 0 Å². The fourth-order valence-electron chi connectivity index (χ4n) is 3.66. The molecule has 0 spiro atoms. The fraction of sp³-hybridized carbons (Fsp3) is 0.556. The number of imide groups is 1. The summed E-state index contributed by atoms with van der Waals surface area (Å²) in [6.07, 6.45) is 4.30. The third kappa shape index (κ3) is 12.6. The van der Waals surface area contributed by atoms with Gasteiger partial charge in [-0.05, 0) is 43.9 Å². The second-order valence-electron chi connectivity index (χ2n) is 9.22. The van der Waals surface area contributed by atoms with Crippen molar-refractivity contribution in [2.24, 2.45) is 0 Å². The van der Waals surface area contributed by atoms with Gasteiger partial charge >= 0.3 is 0 Å². The van der Waals surface area contributed by atoms with Gasteiger partial charge in [0, 0.05) is 51.2 Å². The standard InChI is InChI=1S/C27H38N4O7/c1-20(32)6-3-2-4-13-28-23(33)7-5-16-38-17-14-29-24(34)19-25(35)30-22-10-8-21(9-11-22)18-27(37)31-15-12-26(31)36/h8-11H,2-7,12-19H2,1H3,(H,28,33)(H,29,34)(H,30,35). The van der Waals surface area contributed by atoms with E-state index in [1.54, 1.807) is 31.2 Å². The van der Waals surface area contributed by atoms with E-state index in [1.165, 1.54) is 4.90 Å². The summed E-state index contributed by atoms with van der Waals surface area (Å²) >= 11 is 0. The molecular formula is C27H38N4O7. The van der Waals surface area contributed by atoms with Gasteiger partial charge in [-0.2, -0.15) is 0 Å². The number of nitrogens with zero attached hydrogens (tertiary/aromatic N) is 1. The summed E-state index contributed by atoms with van der Waals surface area (Å²) in [6.45, 7) is 3.55. The van der Waals surface area contributed by atoms with Crippen LogP contribution in [0.15, 0.2) is 24.3 Å². The summed E-state index contributed by atoms with van der Waals surface area (Å²) in [7, 11) is 0. The lowest BCUT2D eigenvalue weighted by Gasteiger charge is -2.28. The average molecular weight is 531 g/mol. The largest absolute Gasteiger partial charge is 0.380 e. The number of hydrogen-bond acceptors (Lipinski definition) is 7. The molecular weight excluding hydrogens is 492 g/mol. The molecule has 1 aliphatic rings. The van der Waals surface area contributed by atoms with Gasteiger partial charge in [0.05, 0.1) is 13.0 Å². The first-order chi connectivity index (χ1) is 18.2. The molecule has 0 bridgehead atoms. The van der Waals surface area contributed by atoms with E-state index in [2.05, 4.69) is 16.0 Å². The number of carbonyl (C=O) groups excluding carboxylic acids is 6. The molecule has 1 fully saturated rings. The molecule has 0 saturated carbocycles. The highest BCUT2D eigenvalue weighted by Gasteiger charge is 2.29. The summed E-state index contributed by atoms with van der Waals surface area (Å²) in [6, 6.07) is 6.66. The number of Topliss-reactive ketones (excluding diaryl/α,β-unsaturated/α-hetero) is 1. The van der Waals surface area contributed by atoms with Gasteiger partial charge in [-0.15, -0.1) is 0 Å². The zero-order chi connectivity index (χ0) is 27.8. The minimum atomic E-state index is -0.469. The number of hydrogen-bond donors (Lipinski definition) is 3. The molecule has 1 aliphatic heterocycles. The smallest absolute Gasteiger partial charge is 0.233 e. The van der Waals surface area contributed by atoms with E-state index < -0.39 is 11.8 Å². The summed E-state index contributed by atoms with van der Waals surface area (Å²) in [5.41, 5.74) is 1.22. The Hall–Kier alpha value is -3.60. The molecule has 11 nitrogen and oxygen atoms in total. The number of nitrogens with one attached hydrogen (secondary N) is 3. The lowest BCUT2D eigenvalue weighted by Crippen LogP contribution is -2.48. The van der Waals surface area contributed by atoms with Crippen LogP contribution >= 0.6 is 0 Å². The Kier molecular flexibility index (Phi) is 13.7. The average Bonchev–Trinajstić information content (AvgIpc) is 2.85. The van der Waals surface area contributed by atoms with E-state index >= 15 is 0 Å². The second kappa shape index (κ2) is 17.0. The first-order valence-corrected chi connectivity index (χ1v) is 13.1. The van der Waals surface area contributed by atoms with E-state index in [0.29, 0.717) is 51.1 Å². The Bertz CT molecular complexity index is 978. The molecule has 0 aliphatic carbocycles. The van der Waals surface area contributed by atoms with E-state index in [0.717, 1.165) is 24.8 Å². The van der Waals surface area contributed by atoms with Crippen LogP contribution in [0.3, 0.4) is 0 Å². The lowest BCUT2D eigenvalue weighted by atomic mass is 10.1. The molecule has 1 heterocycles. The van der Waals surface area contributed by atoms with Gasteiger partial charge in [-0.25, -0.2) is 0 Å². The third-order valence-corrected chi connectivity index (χ3v) is 5.85. The number of ether oxygens (including phenoxy) is 1. The van der Waals surface area contributed by atoms with Crippen molar-refractivity contribution in [1.82, 2.24) is 15.5 Å². The maximum Gasteiger partial charge on any atom is 0.233 e. The van der Waals surface area contributed by atoms with Crippen molar-refractivity contribution in [3.63, 3.8) is 0 Å². The number of carbonyl (C=O) groups is 6. The molecule has 0 radical (unpaired) electrons. The first-order valence-electron chi connectivity index (χ1n) is 13.1. The van der Waals surface area contributed by atoms with Crippen molar-refractivity contribution in [2.45, 2.75) is 64.7 Å². The van der Waals surface area contributed by atoms with Gasteiger partial charge in [0.15, 0.2) is 0 Å². The molecule has 0 aromatic heterocycles. The van der Waals surface area contributed by atoms with Crippen LogP contribution in [0.25, 0.3) is 0 Å². The van der Waals surface area contributed by atoms with Crippen LogP contribution in [-0.2, 0) is 39.9 Å². The summed E-state index contributed by atoms with van der Waals surface area (Å²) in [5.74, 6) is -1.15. The van der Waals surface area contributed by atoms with Crippen molar-refractivity contribution in [3.8, 4) is 0 Å². The van der Waals surface area contributed by atoms with Crippen LogP contribution in [0.1, 0.15) is 63.9 Å². The van der Waals surface area contributed by atoms with Crippen LogP contribution < -0.4 is 16.0 Å². The van der Waals surface area contributed by atoms with Gasteiger partial charge in [-0.3, -0.25) is 28.9 Å². The Morgan fingerprint density at radius 3 is 2.24 bits per heavy atom. The highest BCUT2D eigenvalue weighted by atomic mass is 16.5. The summed E-state index contributed by atoms with van der Waals surface area (Å²) in [4.78, 5) is 71.2. The van der Waals surface area contributed by atoms with Gasteiger partial charge in [0.1, 0.15) is 12.2 Å². The Balaban J connectivity index is 1.47. The number of ketones is 1. The number of likely N-dealkylation sites (tertiary alicyclic amines) is 1. The highest BCUT2D eigenvalue weighted by molar-refractivity contribution is 6.03. The molecule has 0 unspecified atom stereocenters. The zero-order valence-electron chi connectivity index (χ0n) is 22.0. The topological polar surface area (TPSA) is 151 Å². The Morgan fingerprint density at radius 2 is 1.58 bits per heavy atom. The van der Waals surface area contributed by atoms with Crippen LogP contribution in [0.2, 0.25) is 0 Å². The van der Waals surface area contributed by atoms with Gasteiger partial charge in [-0.1, -0.05) is 18.6 Å². The van der Waals surface area contributed by atoms with Gasteiger partial charge < -0.3 is 25.5 Å². The lowest BCUT2D eigenvalue weighted by molar-refractivity contribution is -0.152. The number of amides is 5. The monoisotopic (exact) mass is 530 g/mol. The highest BCUT2D eigenvalue weighted by Crippen LogP contribution is 2.14. The van der Waals surface area contributed by atoms with Crippen LogP contribution in [-0.4, -0.2) is 73.1 Å². The molecule has 0 atom stereocenters. The van der Waals surface area contributed by atoms with Crippen molar-refractivity contribution in [2.75, 3.05) is 38.2 Å². The molecule has 11 heteroatoms. The van der Waals surface area contributed by atoms with E-state index in [1.807, 2.05) is 0 Å². The van der Waals surface area contributed by atoms with E-state index in [4.69, 9.17) is 4.74 Å². The quantitative estimate of drug-likeness (QED) is 0.148. The third-order valence-electron chi connectivity index (χ3n) is 5.85. The molecule has 1 aromatic rings. The van der Waals surface area contributed by atoms with Crippen molar-refractivity contribution in [3.05, 3.63) is 29.8 Å². The number of anilines is 1. The number of β-lactam (4-membered cyclic amide) rings is 1. The predicted octanol–water partition coefficient (Wildman–Crippen LogP) is 1.50. The molecule has 1 saturated heterocycles. The molecule has 38 heavy (non-hydrogen) atoms. The summed E-state index contributed by atoms with van der Waals surface area (Å²) in [5, 5.41) is 8.09. The van der Waals surface area contributed by atoms with E-state index in [-0.39, 0.29) is 49.5 Å². The molecule has 2 rings (SSSR count). The SMILES string of the molecule is CC(=O)CCCCCNC(=O)CCCOCCNC(=O)CC(=O)Nc1ccc(CC(=O)N2CCC2=O)cc1.